The van der Waals surface area contributed by atoms with Crippen molar-refractivity contribution in [2.75, 3.05) is 19.6 Å². The summed E-state index contributed by atoms with van der Waals surface area (Å²) < 4.78 is 0. The number of nitrogens with zero attached hydrogens (tertiary/aromatic N) is 2. The minimum absolute atomic E-state index is 0.335. The molecule has 5 heteroatoms. The quantitative estimate of drug-likeness (QED) is 0.411. The van der Waals surface area contributed by atoms with Crippen LogP contribution in [0.5, 0.6) is 0 Å². The molecule has 1 heterocycles. The van der Waals surface area contributed by atoms with Gasteiger partial charge in [0.2, 0.25) is 0 Å². The van der Waals surface area contributed by atoms with Crippen molar-refractivity contribution < 1.29 is 5.11 Å². The molecule has 1 aliphatic rings. The van der Waals surface area contributed by atoms with Crippen molar-refractivity contribution in [2.24, 2.45) is 4.99 Å². The minimum Gasteiger partial charge on any atom is -0.386 e. The molecule has 1 unspecified atom stereocenters. The van der Waals surface area contributed by atoms with Crippen molar-refractivity contribution >= 4 is 5.96 Å². The molecule has 1 aliphatic carbocycles. The van der Waals surface area contributed by atoms with E-state index in [0.29, 0.717) is 6.54 Å². The minimum atomic E-state index is -0.602. The highest BCUT2D eigenvalue weighted by Crippen LogP contribution is 2.19. The molecular weight excluding hydrogens is 288 g/mol. The van der Waals surface area contributed by atoms with Crippen LogP contribution >= 0.6 is 0 Å². The molecule has 0 spiro atoms. The summed E-state index contributed by atoms with van der Waals surface area (Å²) in [6.07, 6.45) is 11.3. The Kier molecular flexibility index (Phi) is 7.60. The van der Waals surface area contributed by atoms with Crippen LogP contribution < -0.4 is 10.6 Å². The number of guanidine groups is 1. The topological polar surface area (TPSA) is 69.5 Å². The highest BCUT2D eigenvalue weighted by molar-refractivity contribution is 5.79. The van der Waals surface area contributed by atoms with Crippen LogP contribution in [-0.4, -0.2) is 35.7 Å². The van der Waals surface area contributed by atoms with Gasteiger partial charge >= 0.3 is 0 Å². The van der Waals surface area contributed by atoms with Gasteiger partial charge < -0.3 is 15.7 Å². The molecule has 5 nitrogen and oxygen atoms in total. The van der Waals surface area contributed by atoms with E-state index < -0.39 is 6.10 Å². The summed E-state index contributed by atoms with van der Waals surface area (Å²) in [5.74, 6) is 0.761. The number of hydrogen-bond donors (Lipinski definition) is 3. The predicted octanol–water partition coefficient (Wildman–Crippen LogP) is 2.56. The lowest BCUT2D eigenvalue weighted by Gasteiger charge is -2.15. The summed E-state index contributed by atoms with van der Waals surface area (Å²) in [5, 5.41) is 16.7. The van der Waals surface area contributed by atoms with Gasteiger partial charge in [-0.2, -0.15) is 0 Å². The van der Waals surface area contributed by atoms with Gasteiger partial charge in [0, 0.05) is 25.5 Å². The van der Waals surface area contributed by atoms with Crippen LogP contribution in [0, 0.1) is 0 Å². The van der Waals surface area contributed by atoms with Crippen molar-refractivity contribution in [1.82, 2.24) is 15.6 Å². The predicted molar refractivity (Wildman–Crippen MR) is 94.3 cm³/mol. The maximum Gasteiger partial charge on any atom is 0.191 e. The number of aromatic nitrogens is 1. The Morgan fingerprint density at radius 2 is 2.13 bits per heavy atom. The van der Waals surface area contributed by atoms with Gasteiger partial charge in [-0.05, 0) is 56.7 Å². The Labute approximate surface area is 138 Å². The summed E-state index contributed by atoms with van der Waals surface area (Å²) in [5.41, 5.74) is 2.39. The Hall–Kier alpha value is -1.88. The first kappa shape index (κ1) is 17.5. The molecule has 0 saturated heterocycles. The second-order valence-corrected chi connectivity index (χ2v) is 5.80. The fourth-order valence-corrected chi connectivity index (χ4v) is 2.68. The fourth-order valence-electron chi connectivity index (χ4n) is 2.68. The molecule has 2 rings (SSSR count). The van der Waals surface area contributed by atoms with Gasteiger partial charge in [0.05, 0.1) is 12.6 Å². The first-order valence-electron chi connectivity index (χ1n) is 8.57. The van der Waals surface area contributed by atoms with Crippen LogP contribution in [0.1, 0.15) is 50.7 Å². The molecule has 3 N–H and O–H groups in total. The number of aliphatic hydroxyl groups is 1. The van der Waals surface area contributed by atoms with Crippen LogP contribution in [0.15, 0.2) is 41.2 Å². The second kappa shape index (κ2) is 10.0. The van der Waals surface area contributed by atoms with E-state index in [1.807, 2.05) is 19.1 Å². The molecule has 0 aromatic carbocycles. The number of nitrogens with one attached hydrogen (secondary N) is 2. The van der Waals surface area contributed by atoms with Gasteiger partial charge in [-0.15, -0.1) is 0 Å². The van der Waals surface area contributed by atoms with Crippen molar-refractivity contribution in [3.05, 3.63) is 41.7 Å². The van der Waals surface area contributed by atoms with Crippen molar-refractivity contribution in [3.63, 3.8) is 0 Å². The van der Waals surface area contributed by atoms with Crippen LogP contribution in [0.4, 0.5) is 0 Å². The first-order chi connectivity index (χ1) is 11.3. The van der Waals surface area contributed by atoms with Crippen LogP contribution in [-0.2, 0) is 0 Å². The van der Waals surface area contributed by atoms with E-state index in [4.69, 9.17) is 0 Å². The number of hydrogen-bond acceptors (Lipinski definition) is 3. The number of aliphatic hydroxyl groups excluding tert-OH is 1. The first-order valence-corrected chi connectivity index (χ1v) is 8.57. The summed E-state index contributed by atoms with van der Waals surface area (Å²) >= 11 is 0. The summed E-state index contributed by atoms with van der Waals surface area (Å²) in [7, 11) is 0. The molecule has 1 aromatic rings. The van der Waals surface area contributed by atoms with Crippen molar-refractivity contribution in [2.45, 2.75) is 45.1 Å². The monoisotopic (exact) mass is 316 g/mol. The lowest BCUT2D eigenvalue weighted by Crippen LogP contribution is -2.38. The molecule has 0 bridgehead atoms. The third kappa shape index (κ3) is 6.40. The number of aliphatic imine (C=N–C) groups is 1. The smallest absolute Gasteiger partial charge is 0.191 e. The Morgan fingerprint density at radius 1 is 1.30 bits per heavy atom. The van der Waals surface area contributed by atoms with E-state index >= 15 is 0 Å². The summed E-state index contributed by atoms with van der Waals surface area (Å²) in [6.45, 7) is 4.06. The van der Waals surface area contributed by atoms with E-state index in [1.165, 1.54) is 25.7 Å². The van der Waals surface area contributed by atoms with Gasteiger partial charge in [-0.1, -0.05) is 11.6 Å². The van der Waals surface area contributed by atoms with E-state index in [-0.39, 0.29) is 0 Å². The number of rotatable bonds is 7. The molecule has 126 valence electrons. The van der Waals surface area contributed by atoms with Gasteiger partial charge in [0.1, 0.15) is 0 Å². The molecule has 0 radical (unpaired) electrons. The molecule has 23 heavy (non-hydrogen) atoms. The molecule has 1 atom stereocenters. The second-order valence-electron chi connectivity index (χ2n) is 5.80. The van der Waals surface area contributed by atoms with Crippen LogP contribution in [0.2, 0.25) is 0 Å². The lowest BCUT2D eigenvalue weighted by atomic mass is 9.97. The van der Waals surface area contributed by atoms with Gasteiger partial charge in [0.25, 0.3) is 0 Å². The van der Waals surface area contributed by atoms with Gasteiger partial charge in [-0.25, -0.2) is 0 Å². The maximum atomic E-state index is 10.2. The Morgan fingerprint density at radius 3 is 2.83 bits per heavy atom. The highest BCUT2D eigenvalue weighted by Gasteiger charge is 2.07. The lowest BCUT2D eigenvalue weighted by molar-refractivity contribution is 0.187. The van der Waals surface area contributed by atoms with Gasteiger partial charge in [0.15, 0.2) is 5.96 Å². The zero-order chi connectivity index (χ0) is 16.3. The largest absolute Gasteiger partial charge is 0.386 e. The molecule has 0 saturated carbocycles. The Balaban J connectivity index is 1.80. The summed E-state index contributed by atoms with van der Waals surface area (Å²) in [6, 6.07) is 3.63. The molecule has 1 aromatic heterocycles. The zero-order valence-corrected chi connectivity index (χ0v) is 14.0. The number of pyridine rings is 1. The molecule has 0 fully saturated rings. The highest BCUT2D eigenvalue weighted by atomic mass is 16.3. The van der Waals surface area contributed by atoms with Crippen molar-refractivity contribution in [3.8, 4) is 0 Å². The van der Waals surface area contributed by atoms with Gasteiger partial charge in [-0.3, -0.25) is 9.98 Å². The fraction of sp³-hybridized carbons (Fsp3) is 0.556. The normalized spacial score (nSPS) is 16.6. The van der Waals surface area contributed by atoms with Crippen LogP contribution in [0.25, 0.3) is 0 Å². The third-order valence-corrected chi connectivity index (χ3v) is 3.98. The van der Waals surface area contributed by atoms with Crippen molar-refractivity contribution in [1.29, 1.82) is 0 Å². The Bertz CT molecular complexity index is 513. The average molecular weight is 316 g/mol. The average Bonchev–Trinajstić information content (AvgIpc) is 2.61. The third-order valence-electron chi connectivity index (χ3n) is 3.98. The van der Waals surface area contributed by atoms with E-state index in [9.17, 15) is 5.11 Å². The zero-order valence-electron chi connectivity index (χ0n) is 14.0. The maximum absolute atomic E-state index is 10.2. The van der Waals surface area contributed by atoms with E-state index in [2.05, 4.69) is 26.7 Å². The van der Waals surface area contributed by atoms with Crippen LogP contribution in [0.3, 0.4) is 0 Å². The standard InChI is InChI=1S/C18H28N4O/c1-2-20-18(21-13-8-15-6-4-3-5-7-15)22-14-17(23)16-9-11-19-12-10-16/h6,9-12,17,23H,2-5,7-8,13-14H2,1H3,(H2,20,21,22). The van der Waals surface area contributed by atoms with E-state index in [0.717, 1.165) is 31.0 Å². The molecular formula is C18H28N4O. The number of allylic oxidation sites excluding steroid dienone is 1. The molecule has 0 aliphatic heterocycles. The SMILES string of the molecule is CCNC(=NCC(O)c1ccncc1)NCCC1=CCCCC1. The summed E-state index contributed by atoms with van der Waals surface area (Å²) in [4.78, 5) is 8.44. The van der Waals surface area contributed by atoms with E-state index in [1.54, 1.807) is 18.0 Å². The molecule has 0 amide bonds.